The van der Waals surface area contributed by atoms with Gasteiger partial charge < -0.3 is 0 Å². The minimum absolute atomic E-state index is 0.957. The molecule has 0 N–H and O–H groups in total. The van der Waals surface area contributed by atoms with Crippen LogP contribution in [0.2, 0.25) is 0 Å². The van der Waals surface area contributed by atoms with Gasteiger partial charge in [0.2, 0.25) is 0 Å². The van der Waals surface area contributed by atoms with Gasteiger partial charge in [-0.2, -0.15) is 8.78 Å². The minimum Gasteiger partial charge on any atom is -0.187 e. The van der Waals surface area contributed by atoms with E-state index in [1.165, 1.54) is 6.92 Å². The van der Waals surface area contributed by atoms with Crippen LogP contribution in [0.5, 0.6) is 0 Å². The Morgan fingerprint density at radius 3 is 1.86 bits per heavy atom. The zero-order valence-corrected chi connectivity index (χ0v) is 5.93. The predicted octanol–water partition coefficient (Wildman–Crippen LogP) is 2.60. The fourth-order valence-electron chi connectivity index (χ4n) is 0. The molecule has 0 saturated heterocycles. The lowest BCUT2D eigenvalue weighted by atomic mass is 10.5. The standard InChI is InChI=1S/C3H4BrClF2/c1-2(4)3(5,6)7/h2H,1H3. The first-order valence-electron chi connectivity index (χ1n) is 1.65. The highest BCUT2D eigenvalue weighted by atomic mass is 79.9. The summed E-state index contributed by atoms with van der Waals surface area (Å²) in [6.07, 6.45) is 0. The molecule has 0 aromatic carbocycles. The van der Waals surface area contributed by atoms with E-state index < -0.39 is 10.2 Å². The molecule has 0 spiro atoms. The Bertz CT molecular complexity index is 58.4. The van der Waals surface area contributed by atoms with Gasteiger partial charge >= 0.3 is 5.38 Å². The maximum Gasteiger partial charge on any atom is 0.333 e. The highest BCUT2D eigenvalue weighted by Gasteiger charge is 2.30. The Hall–Kier alpha value is 0.630. The van der Waals surface area contributed by atoms with E-state index >= 15 is 0 Å². The number of alkyl halides is 4. The van der Waals surface area contributed by atoms with Crippen LogP contribution >= 0.6 is 27.5 Å². The van der Waals surface area contributed by atoms with Gasteiger partial charge in [-0.05, 0) is 18.5 Å². The summed E-state index contributed by atoms with van der Waals surface area (Å²) in [5.41, 5.74) is 0. The number of rotatable bonds is 1. The fraction of sp³-hybridized carbons (Fsp3) is 1.00. The molecule has 4 heteroatoms. The van der Waals surface area contributed by atoms with Crippen molar-refractivity contribution in [1.82, 2.24) is 0 Å². The molecule has 0 bridgehead atoms. The maximum atomic E-state index is 11.6. The molecule has 7 heavy (non-hydrogen) atoms. The van der Waals surface area contributed by atoms with Crippen molar-refractivity contribution in [1.29, 1.82) is 0 Å². The smallest absolute Gasteiger partial charge is 0.187 e. The fourth-order valence-corrected chi connectivity index (χ4v) is 0. The molecule has 1 atom stereocenters. The second-order valence-electron chi connectivity index (χ2n) is 1.16. The van der Waals surface area contributed by atoms with Gasteiger partial charge in [0.05, 0.1) is 4.83 Å². The van der Waals surface area contributed by atoms with Crippen LogP contribution in [0.4, 0.5) is 8.78 Å². The average Bonchev–Trinajstić information content (AvgIpc) is 1.31. The lowest BCUT2D eigenvalue weighted by Crippen LogP contribution is -2.16. The second kappa shape index (κ2) is 2.27. The Morgan fingerprint density at radius 1 is 1.71 bits per heavy atom. The summed E-state index contributed by atoms with van der Waals surface area (Å²) in [7, 11) is 0. The van der Waals surface area contributed by atoms with Crippen molar-refractivity contribution in [3.8, 4) is 0 Å². The van der Waals surface area contributed by atoms with Crippen molar-refractivity contribution in [2.75, 3.05) is 0 Å². The highest BCUT2D eigenvalue weighted by Crippen LogP contribution is 2.28. The molecular formula is C3H4BrClF2. The van der Waals surface area contributed by atoms with Crippen molar-refractivity contribution in [3.63, 3.8) is 0 Å². The molecule has 0 aliphatic carbocycles. The Balaban J connectivity index is 3.54. The van der Waals surface area contributed by atoms with E-state index in [9.17, 15) is 8.78 Å². The molecule has 0 aromatic rings. The van der Waals surface area contributed by atoms with Crippen molar-refractivity contribution in [2.45, 2.75) is 17.1 Å². The van der Waals surface area contributed by atoms with Gasteiger partial charge in [-0.1, -0.05) is 15.9 Å². The van der Waals surface area contributed by atoms with E-state index in [0.29, 0.717) is 0 Å². The van der Waals surface area contributed by atoms with Crippen LogP contribution in [0.25, 0.3) is 0 Å². The van der Waals surface area contributed by atoms with Gasteiger partial charge in [-0.25, -0.2) is 0 Å². The van der Waals surface area contributed by atoms with Gasteiger partial charge in [0.1, 0.15) is 0 Å². The summed E-state index contributed by atoms with van der Waals surface area (Å²) in [5, 5.41) is -3.11. The van der Waals surface area contributed by atoms with Crippen LogP contribution in [0, 0.1) is 0 Å². The molecule has 0 nitrogen and oxygen atoms in total. The Labute approximate surface area is 54.0 Å². The summed E-state index contributed by atoms with van der Waals surface area (Å²) < 4.78 is 23.1. The van der Waals surface area contributed by atoms with E-state index in [1.807, 2.05) is 0 Å². The highest BCUT2D eigenvalue weighted by molar-refractivity contribution is 9.09. The summed E-state index contributed by atoms with van der Waals surface area (Å²) in [6, 6.07) is 0. The Kier molecular flexibility index (Phi) is 2.47. The monoisotopic (exact) mass is 192 g/mol. The molecule has 0 amide bonds. The molecule has 0 fully saturated rings. The van der Waals surface area contributed by atoms with Crippen molar-refractivity contribution in [2.24, 2.45) is 0 Å². The number of hydrogen-bond acceptors (Lipinski definition) is 0. The van der Waals surface area contributed by atoms with E-state index in [-0.39, 0.29) is 0 Å². The van der Waals surface area contributed by atoms with E-state index in [0.717, 1.165) is 0 Å². The molecule has 0 aliphatic heterocycles. The molecule has 0 aromatic heterocycles. The SMILES string of the molecule is CC(Br)C(F)(F)Cl. The normalized spacial score (nSPS) is 16.7. The van der Waals surface area contributed by atoms with Crippen molar-refractivity contribution in [3.05, 3.63) is 0 Å². The molecule has 0 heterocycles. The van der Waals surface area contributed by atoms with E-state index in [4.69, 9.17) is 0 Å². The maximum absolute atomic E-state index is 11.6. The van der Waals surface area contributed by atoms with Crippen LogP contribution in [0.3, 0.4) is 0 Å². The summed E-state index contributed by atoms with van der Waals surface area (Å²) >= 11 is 7.10. The quantitative estimate of drug-likeness (QED) is 0.562. The first-order chi connectivity index (χ1) is 2.94. The topological polar surface area (TPSA) is 0 Å². The predicted molar refractivity (Wildman–Crippen MR) is 29.2 cm³/mol. The van der Waals surface area contributed by atoms with Crippen LogP contribution in [0.15, 0.2) is 0 Å². The number of halogens is 4. The number of hydrogen-bond donors (Lipinski definition) is 0. The molecule has 0 aliphatic rings. The van der Waals surface area contributed by atoms with Gasteiger partial charge in [-0.15, -0.1) is 0 Å². The van der Waals surface area contributed by atoms with Crippen LogP contribution in [-0.4, -0.2) is 10.2 Å². The second-order valence-corrected chi connectivity index (χ2v) is 3.04. The molecule has 0 radical (unpaired) electrons. The lowest BCUT2D eigenvalue weighted by molar-refractivity contribution is 0.100. The van der Waals surface area contributed by atoms with Crippen LogP contribution < -0.4 is 0 Å². The first-order valence-corrected chi connectivity index (χ1v) is 2.94. The zero-order chi connectivity index (χ0) is 6.08. The van der Waals surface area contributed by atoms with Crippen molar-refractivity contribution >= 4 is 27.5 Å². The van der Waals surface area contributed by atoms with E-state index in [1.54, 1.807) is 0 Å². The van der Waals surface area contributed by atoms with Crippen LogP contribution in [0.1, 0.15) is 6.92 Å². The van der Waals surface area contributed by atoms with Gasteiger partial charge in [0.25, 0.3) is 0 Å². The summed E-state index contributed by atoms with van der Waals surface area (Å²) in [5.74, 6) is 0. The largest absolute Gasteiger partial charge is 0.333 e. The van der Waals surface area contributed by atoms with E-state index in [2.05, 4.69) is 27.5 Å². The first kappa shape index (κ1) is 7.63. The molecule has 44 valence electrons. The van der Waals surface area contributed by atoms with Crippen LogP contribution in [-0.2, 0) is 0 Å². The molecule has 0 rings (SSSR count). The molecule has 0 saturated carbocycles. The summed E-state index contributed by atoms with van der Waals surface area (Å²) in [4.78, 5) is -0.957. The summed E-state index contributed by atoms with van der Waals surface area (Å²) in [6.45, 7) is 1.28. The third-order valence-electron chi connectivity index (χ3n) is 0.451. The lowest BCUT2D eigenvalue weighted by Gasteiger charge is -2.07. The van der Waals surface area contributed by atoms with Crippen molar-refractivity contribution < 1.29 is 8.78 Å². The third-order valence-corrected chi connectivity index (χ3v) is 1.62. The molecule has 1 unspecified atom stereocenters. The van der Waals surface area contributed by atoms with Gasteiger partial charge in [-0.3, -0.25) is 0 Å². The third kappa shape index (κ3) is 3.23. The minimum atomic E-state index is -3.11. The van der Waals surface area contributed by atoms with Gasteiger partial charge in [0.15, 0.2) is 0 Å². The average molecular weight is 193 g/mol. The molecular weight excluding hydrogens is 189 g/mol. The van der Waals surface area contributed by atoms with Gasteiger partial charge in [0, 0.05) is 0 Å². The Morgan fingerprint density at radius 2 is 1.86 bits per heavy atom. The zero-order valence-electron chi connectivity index (χ0n) is 3.59.